The summed E-state index contributed by atoms with van der Waals surface area (Å²) in [6, 6.07) is 13.3. The number of nitrogens with zero attached hydrogens (tertiary/aromatic N) is 1. The molecule has 0 aromatic heterocycles. The van der Waals surface area contributed by atoms with Gasteiger partial charge in [-0.15, -0.1) is 11.8 Å². The van der Waals surface area contributed by atoms with Crippen molar-refractivity contribution in [2.24, 2.45) is 0 Å². The quantitative estimate of drug-likeness (QED) is 0.804. The molecule has 3 rings (SSSR count). The number of carbonyl (C=O) groups excluding carboxylic acids is 2. The van der Waals surface area contributed by atoms with Crippen molar-refractivity contribution in [1.82, 2.24) is 0 Å². The molecule has 0 bridgehead atoms. The number of rotatable bonds is 4. The van der Waals surface area contributed by atoms with E-state index in [2.05, 4.69) is 18.3 Å². The summed E-state index contributed by atoms with van der Waals surface area (Å²) in [5.74, 6) is -0.331. The summed E-state index contributed by atoms with van der Waals surface area (Å²) >= 11 is 1.82. The van der Waals surface area contributed by atoms with E-state index in [-0.39, 0.29) is 18.4 Å². The molecular weight excluding hydrogens is 360 g/mol. The predicted octanol–water partition coefficient (Wildman–Crippen LogP) is 4.11. The van der Waals surface area contributed by atoms with E-state index in [9.17, 15) is 9.59 Å². The summed E-state index contributed by atoms with van der Waals surface area (Å²) in [5, 5.41) is 3.68. The van der Waals surface area contributed by atoms with Gasteiger partial charge in [-0.2, -0.15) is 0 Å². The van der Waals surface area contributed by atoms with E-state index in [1.54, 1.807) is 12.1 Å². The second-order valence-electron chi connectivity index (χ2n) is 6.61. The minimum atomic E-state index is -0.367. The fourth-order valence-electron chi connectivity index (χ4n) is 3.12. The van der Waals surface area contributed by atoms with Crippen molar-refractivity contribution in [3.05, 3.63) is 53.6 Å². The molecule has 142 valence electrons. The Morgan fingerprint density at radius 1 is 1.26 bits per heavy atom. The number of methoxy groups -OCH3 is 1. The molecule has 0 saturated heterocycles. The lowest BCUT2D eigenvalue weighted by atomic mass is 10.1. The number of fused-ring (bicyclic) bond motifs is 1. The topological polar surface area (TPSA) is 58.6 Å². The van der Waals surface area contributed by atoms with Crippen LogP contribution in [0.2, 0.25) is 0 Å². The van der Waals surface area contributed by atoms with Gasteiger partial charge < -0.3 is 15.0 Å². The monoisotopic (exact) mass is 384 g/mol. The molecule has 2 aromatic carbocycles. The maximum atomic E-state index is 12.9. The minimum Gasteiger partial charge on any atom is -0.465 e. The third kappa shape index (κ3) is 4.45. The van der Waals surface area contributed by atoms with Crippen LogP contribution in [0.1, 0.15) is 29.3 Å². The Labute approximate surface area is 164 Å². The fourth-order valence-corrected chi connectivity index (χ4v) is 4.23. The fraction of sp³-hybridized carbons (Fsp3) is 0.333. The standard InChI is InChI=1S/C21H24N2O3S/c1-14-12-16(21(25)26-3)8-9-17(14)22-13-20(24)23-11-10-15(2)27-19-7-5-4-6-18(19)23/h4-9,12,15,22H,10-11,13H2,1-3H3. The van der Waals surface area contributed by atoms with E-state index in [1.807, 2.05) is 47.9 Å². The zero-order valence-electron chi connectivity index (χ0n) is 15.8. The van der Waals surface area contributed by atoms with Gasteiger partial charge in [0, 0.05) is 22.4 Å². The predicted molar refractivity (Wildman–Crippen MR) is 110 cm³/mol. The average molecular weight is 385 g/mol. The molecule has 1 heterocycles. The molecule has 1 aliphatic rings. The third-order valence-corrected chi connectivity index (χ3v) is 5.86. The van der Waals surface area contributed by atoms with E-state index < -0.39 is 0 Å². The Bertz CT molecular complexity index is 853. The van der Waals surface area contributed by atoms with Gasteiger partial charge in [-0.1, -0.05) is 19.1 Å². The number of benzene rings is 2. The maximum absolute atomic E-state index is 12.9. The first-order chi connectivity index (χ1) is 13.0. The summed E-state index contributed by atoms with van der Waals surface area (Å²) in [4.78, 5) is 27.5. The lowest BCUT2D eigenvalue weighted by Crippen LogP contribution is -2.36. The molecule has 0 saturated carbocycles. The number of ether oxygens (including phenoxy) is 1. The van der Waals surface area contributed by atoms with Crippen molar-refractivity contribution < 1.29 is 14.3 Å². The first-order valence-electron chi connectivity index (χ1n) is 8.98. The number of esters is 1. The van der Waals surface area contributed by atoms with Gasteiger partial charge in [0.15, 0.2) is 0 Å². The van der Waals surface area contributed by atoms with Crippen LogP contribution in [0.3, 0.4) is 0 Å². The van der Waals surface area contributed by atoms with Crippen LogP contribution in [0.25, 0.3) is 0 Å². The van der Waals surface area contributed by atoms with Crippen LogP contribution in [0.15, 0.2) is 47.4 Å². The van der Waals surface area contributed by atoms with Crippen molar-refractivity contribution in [2.75, 3.05) is 30.4 Å². The molecule has 6 heteroatoms. The Hall–Kier alpha value is -2.47. The van der Waals surface area contributed by atoms with Gasteiger partial charge in [0.05, 0.1) is 24.9 Å². The number of thioether (sulfide) groups is 1. The molecule has 1 atom stereocenters. The van der Waals surface area contributed by atoms with Crippen LogP contribution >= 0.6 is 11.8 Å². The van der Waals surface area contributed by atoms with Crippen molar-refractivity contribution >= 4 is 35.0 Å². The molecule has 2 aromatic rings. The Kier molecular flexibility index (Phi) is 6.06. The maximum Gasteiger partial charge on any atom is 0.337 e. The number of carbonyl (C=O) groups is 2. The van der Waals surface area contributed by atoms with Crippen LogP contribution in [-0.2, 0) is 9.53 Å². The van der Waals surface area contributed by atoms with E-state index in [0.717, 1.165) is 28.3 Å². The number of nitrogens with one attached hydrogen (secondary N) is 1. The van der Waals surface area contributed by atoms with E-state index >= 15 is 0 Å². The highest BCUT2D eigenvalue weighted by Gasteiger charge is 2.23. The summed E-state index contributed by atoms with van der Waals surface area (Å²) in [5.41, 5.74) is 3.21. The molecule has 1 N–H and O–H groups in total. The zero-order valence-corrected chi connectivity index (χ0v) is 16.6. The van der Waals surface area contributed by atoms with Gasteiger partial charge >= 0.3 is 5.97 Å². The van der Waals surface area contributed by atoms with Crippen LogP contribution in [0.5, 0.6) is 0 Å². The molecule has 0 aliphatic carbocycles. The SMILES string of the molecule is COC(=O)c1ccc(NCC(=O)N2CCC(C)Sc3ccccc32)c(C)c1. The highest BCUT2D eigenvalue weighted by molar-refractivity contribution is 8.00. The van der Waals surface area contributed by atoms with Crippen molar-refractivity contribution in [1.29, 1.82) is 0 Å². The molecule has 0 fully saturated rings. The lowest BCUT2D eigenvalue weighted by molar-refractivity contribution is -0.117. The molecule has 0 radical (unpaired) electrons. The van der Waals surface area contributed by atoms with E-state index in [1.165, 1.54) is 7.11 Å². The summed E-state index contributed by atoms with van der Waals surface area (Å²) in [6.45, 7) is 5.01. The summed E-state index contributed by atoms with van der Waals surface area (Å²) in [7, 11) is 1.36. The van der Waals surface area contributed by atoms with Crippen LogP contribution in [0, 0.1) is 6.92 Å². The van der Waals surface area contributed by atoms with E-state index in [4.69, 9.17) is 4.74 Å². The second-order valence-corrected chi connectivity index (χ2v) is 8.09. The Morgan fingerprint density at radius 3 is 2.78 bits per heavy atom. The van der Waals surface area contributed by atoms with Crippen LogP contribution < -0.4 is 10.2 Å². The minimum absolute atomic E-state index is 0.0357. The molecule has 5 nitrogen and oxygen atoms in total. The molecular formula is C21H24N2O3S. The molecule has 1 amide bonds. The molecule has 1 aliphatic heterocycles. The summed E-state index contributed by atoms with van der Waals surface area (Å²) in [6.07, 6.45) is 0.956. The van der Waals surface area contributed by atoms with E-state index in [0.29, 0.717) is 17.4 Å². The van der Waals surface area contributed by atoms with Crippen LogP contribution in [0.4, 0.5) is 11.4 Å². The number of para-hydroxylation sites is 1. The third-order valence-electron chi connectivity index (χ3n) is 4.62. The average Bonchev–Trinajstić information content (AvgIpc) is 2.84. The van der Waals surface area contributed by atoms with Crippen LogP contribution in [-0.4, -0.2) is 37.3 Å². The number of hydrogen-bond donors (Lipinski definition) is 1. The Morgan fingerprint density at radius 2 is 2.04 bits per heavy atom. The highest BCUT2D eigenvalue weighted by atomic mass is 32.2. The first kappa shape index (κ1) is 19.3. The largest absolute Gasteiger partial charge is 0.465 e. The van der Waals surface area contributed by atoms with Crippen molar-refractivity contribution in [3.63, 3.8) is 0 Å². The Balaban J connectivity index is 1.72. The molecule has 0 spiro atoms. The smallest absolute Gasteiger partial charge is 0.337 e. The summed E-state index contributed by atoms with van der Waals surface area (Å²) < 4.78 is 4.74. The van der Waals surface area contributed by atoms with Gasteiger partial charge in [-0.25, -0.2) is 4.79 Å². The number of amides is 1. The van der Waals surface area contributed by atoms with Gasteiger partial charge in [-0.05, 0) is 49.2 Å². The van der Waals surface area contributed by atoms with Crippen molar-refractivity contribution in [3.8, 4) is 0 Å². The number of hydrogen-bond acceptors (Lipinski definition) is 5. The molecule has 27 heavy (non-hydrogen) atoms. The van der Waals surface area contributed by atoms with Gasteiger partial charge in [0.1, 0.15) is 0 Å². The molecule has 1 unspecified atom stereocenters. The lowest BCUT2D eigenvalue weighted by Gasteiger charge is -2.23. The number of anilines is 2. The van der Waals surface area contributed by atoms with Gasteiger partial charge in [-0.3, -0.25) is 4.79 Å². The first-order valence-corrected chi connectivity index (χ1v) is 9.86. The van der Waals surface area contributed by atoms with Gasteiger partial charge in [0.2, 0.25) is 5.91 Å². The normalized spacial score (nSPS) is 16.3. The second kappa shape index (κ2) is 8.48. The van der Waals surface area contributed by atoms with Crippen molar-refractivity contribution in [2.45, 2.75) is 30.4 Å². The van der Waals surface area contributed by atoms with Gasteiger partial charge in [0.25, 0.3) is 0 Å². The number of aryl methyl sites for hydroxylation is 1. The zero-order chi connectivity index (χ0) is 19.4. The highest BCUT2D eigenvalue weighted by Crippen LogP contribution is 2.37.